The van der Waals surface area contributed by atoms with Crippen molar-refractivity contribution in [3.8, 4) is 0 Å². The van der Waals surface area contributed by atoms with Crippen LogP contribution in [0, 0.1) is 12.8 Å². The van der Waals surface area contributed by atoms with Crippen molar-refractivity contribution < 1.29 is 0 Å². The Labute approximate surface area is 118 Å². The highest BCUT2D eigenvalue weighted by Gasteiger charge is 2.27. The second-order valence-corrected chi connectivity index (χ2v) is 6.56. The minimum absolute atomic E-state index is 0.602. The highest BCUT2D eigenvalue weighted by Crippen LogP contribution is 2.34. The molecule has 0 saturated heterocycles. The van der Waals surface area contributed by atoms with Crippen LogP contribution < -0.4 is 5.32 Å². The van der Waals surface area contributed by atoms with Crippen molar-refractivity contribution >= 4 is 21.4 Å². The lowest BCUT2D eigenvalue weighted by atomic mass is 9.78. The zero-order valence-electron chi connectivity index (χ0n) is 11.7. The predicted octanol–water partition coefficient (Wildman–Crippen LogP) is 3.87. The molecule has 1 saturated carbocycles. The Morgan fingerprint density at radius 3 is 3.00 bits per heavy atom. The van der Waals surface area contributed by atoms with Crippen LogP contribution in [0.3, 0.4) is 0 Å². The van der Waals surface area contributed by atoms with E-state index >= 15 is 0 Å². The van der Waals surface area contributed by atoms with E-state index in [0.29, 0.717) is 6.04 Å². The van der Waals surface area contributed by atoms with Crippen LogP contribution in [-0.4, -0.2) is 20.6 Å². The maximum absolute atomic E-state index is 4.58. The Morgan fingerprint density at radius 1 is 1.53 bits per heavy atom. The van der Waals surface area contributed by atoms with E-state index in [1.165, 1.54) is 38.5 Å². The van der Waals surface area contributed by atoms with Crippen LogP contribution in [0.25, 0.3) is 4.96 Å². The summed E-state index contributed by atoms with van der Waals surface area (Å²) in [4.78, 5) is 5.45. The second-order valence-electron chi connectivity index (χ2n) is 5.60. The molecule has 19 heavy (non-hydrogen) atoms. The molecule has 1 N–H and O–H groups in total. The highest BCUT2D eigenvalue weighted by atomic mass is 32.1. The van der Waals surface area contributed by atoms with Gasteiger partial charge < -0.3 is 5.32 Å². The van der Waals surface area contributed by atoms with Gasteiger partial charge in [0.15, 0.2) is 0 Å². The Kier molecular flexibility index (Phi) is 3.73. The molecule has 0 radical (unpaired) electrons. The van der Waals surface area contributed by atoms with E-state index in [1.54, 1.807) is 11.3 Å². The number of hydrogen-bond acceptors (Lipinski definition) is 4. The zero-order valence-corrected chi connectivity index (χ0v) is 12.5. The zero-order chi connectivity index (χ0) is 13.2. The third-order valence-corrected chi connectivity index (χ3v) is 4.91. The molecule has 104 valence electrons. The molecule has 5 heteroatoms. The van der Waals surface area contributed by atoms with Gasteiger partial charge in [0.2, 0.25) is 10.1 Å². The summed E-state index contributed by atoms with van der Waals surface area (Å²) < 4.78 is 1.89. The van der Waals surface area contributed by atoms with Gasteiger partial charge in [-0.3, -0.25) is 0 Å². The lowest BCUT2D eigenvalue weighted by Gasteiger charge is -2.34. The van der Waals surface area contributed by atoms with E-state index in [2.05, 4.69) is 22.3 Å². The predicted molar refractivity (Wildman–Crippen MR) is 79.9 cm³/mol. The molecule has 2 aromatic rings. The standard InChI is InChI=1S/C14H22N4S/c1-3-4-8-12(11-6-5-7-11)16-13-17-18-9-10(2)15-14(18)19-13/h9,11-12H,3-8H2,1-2H3,(H,16,17)/t12-/m1/s1. The highest BCUT2D eigenvalue weighted by molar-refractivity contribution is 7.20. The van der Waals surface area contributed by atoms with Gasteiger partial charge in [-0.05, 0) is 32.1 Å². The molecule has 1 aliphatic carbocycles. The van der Waals surface area contributed by atoms with Crippen LogP contribution in [0.15, 0.2) is 6.20 Å². The Morgan fingerprint density at radius 2 is 2.37 bits per heavy atom. The van der Waals surface area contributed by atoms with Crippen molar-refractivity contribution in [2.75, 3.05) is 5.32 Å². The fraction of sp³-hybridized carbons (Fsp3) is 0.714. The van der Waals surface area contributed by atoms with Gasteiger partial charge in [0.1, 0.15) is 0 Å². The number of anilines is 1. The van der Waals surface area contributed by atoms with Crippen LogP contribution in [0.1, 0.15) is 51.1 Å². The van der Waals surface area contributed by atoms with E-state index in [1.807, 2.05) is 17.6 Å². The van der Waals surface area contributed by atoms with Crippen LogP contribution in [-0.2, 0) is 0 Å². The van der Waals surface area contributed by atoms with Crippen LogP contribution in [0.4, 0.5) is 5.13 Å². The van der Waals surface area contributed by atoms with Crippen molar-refractivity contribution in [3.05, 3.63) is 11.9 Å². The molecule has 0 spiro atoms. The first kappa shape index (κ1) is 12.9. The van der Waals surface area contributed by atoms with Gasteiger partial charge in [-0.15, -0.1) is 5.10 Å². The van der Waals surface area contributed by atoms with Gasteiger partial charge in [0.05, 0.1) is 11.9 Å². The van der Waals surface area contributed by atoms with Gasteiger partial charge in [-0.2, -0.15) is 0 Å². The Balaban J connectivity index is 1.70. The Bertz CT molecular complexity index is 509. The van der Waals surface area contributed by atoms with Gasteiger partial charge in [-0.1, -0.05) is 37.5 Å². The van der Waals surface area contributed by atoms with Crippen molar-refractivity contribution in [2.24, 2.45) is 5.92 Å². The summed E-state index contributed by atoms with van der Waals surface area (Å²) in [7, 11) is 0. The summed E-state index contributed by atoms with van der Waals surface area (Å²) >= 11 is 1.66. The Hall–Kier alpha value is -1.10. The van der Waals surface area contributed by atoms with Crippen molar-refractivity contribution in [1.29, 1.82) is 0 Å². The number of fused-ring (bicyclic) bond motifs is 1. The number of nitrogens with zero attached hydrogens (tertiary/aromatic N) is 3. The van der Waals surface area contributed by atoms with Gasteiger partial charge in [0.25, 0.3) is 0 Å². The van der Waals surface area contributed by atoms with E-state index in [-0.39, 0.29) is 0 Å². The average Bonchev–Trinajstić information content (AvgIpc) is 2.79. The quantitative estimate of drug-likeness (QED) is 0.872. The van der Waals surface area contributed by atoms with Crippen LogP contribution >= 0.6 is 11.3 Å². The molecule has 2 heterocycles. The number of hydrogen-bond donors (Lipinski definition) is 1. The van der Waals surface area contributed by atoms with E-state index in [9.17, 15) is 0 Å². The van der Waals surface area contributed by atoms with E-state index in [4.69, 9.17) is 0 Å². The van der Waals surface area contributed by atoms with Crippen molar-refractivity contribution in [1.82, 2.24) is 14.6 Å². The number of imidazole rings is 1. The largest absolute Gasteiger partial charge is 0.357 e. The van der Waals surface area contributed by atoms with E-state index < -0.39 is 0 Å². The van der Waals surface area contributed by atoms with Gasteiger partial charge in [0, 0.05) is 6.04 Å². The fourth-order valence-corrected chi connectivity index (χ4v) is 3.61. The smallest absolute Gasteiger partial charge is 0.214 e. The summed E-state index contributed by atoms with van der Waals surface area (Å²) in [6, 6.07) is 0.602. The van der Waals surface area contributed by atoms with Crippen LogP contribution in [0.2, 0.25) is 0 Å². The molecule has 0 aliphatic heterocycles. The van der Waals surface area contributed by atoms with Gasteiger partial charge >= 0.3 is 0 Å². The molecule has 0 amide bonds. The molecule has 1 aliphatic rings. The summed E-state index contributed by atoms with van der Waals surface area (Å²) in [5, 5.41) is 9.26. The molecule has 0 unspecified atom stereocenters. The first-order valence-electron chi connectivity index (χ1n) is 7.35. The third kappa shape index (κ3) is 2.76. The number of nitrogens with one attached hydrogen (secondary N) is 1. The summed E-state index contributed by atoms with van der Waals surface area (Å²) in [6.07, 6.45) is 9.98. The van der Waals surface area contributed by atoms with Crippen LogP contribution in [0.5, 0.6) is 0 Å². The van der Waals surface area contributed by atoms with Crippen molar-refractivity contribution in [3.63, 3.8) is 0 Å². The lowest BCUT2D eigenvalue weighted by Crippen LogP contribution is -2.33. The second kappa shape index (κ2) is 5.49. The SMILES string of the molecule is CCCC[C@@H](Nc1nn2cc(C)nc2s1)C1CCC1. The maximum Gasteiger partial charge on any atom is 0.214 e. The fourth-order valence-electron chi connectivity index (χ4n) is 2.72. The van der Waals surface area contributed by atoms with Gasteiger partial charge in [-0.25, -0.2) is 9.50 Å². The average molecular weight is 278 g/mol. The molecule has 2 aromatic heterocycles. The minimum atomic E-state index is 0.602. The van der Waals surface area contributed by atoms with Crippen molar-refractivity contribution in [2.45, 2.75) is 58.4 Å². The number of rotatable bonds is 6. The number of aryl methyl sites for hydroxylation is 1. The molecule has 0 bridgehead atoms. The molecule has 3 rings (SSSR count). The summed E-state index contributed by atoms with van der Waals surface area (Å²) in [6.45, 7) is 4.27. The normalized spacial score (nSPS) is 17.6. The molecular formula is C14H22N4S. The monoisotopic (exact) mass is 278 g/mol. The molecule has 0 aromatic carbocycles. The topological polar surface area (TPSA) is 42.2 Å². The lowest BCUT2D eigenvalue weighted by molar-refractivity contribution is 0.263. The summed E-state index contributed by atoms with van der Waals surface area (Å²) in [5.41, 5.74) is 1.03. The minimum Gasteiger partial charge on any atom is -0.357 e. The number of unbranched alkanes of at least 4 members (excludes halogenated alkanes) is 1. The first-order chi connectivity index (χ1) is 9.26. The summed E-state index contributed by atoms with van der Waals surface area (Å²) in [5.74, 6) is 0.851. The molecule has 1 fully saturated rings. The maximum atomic E-state index is 4.58. The molecule has 1 atom stereocenters. The molecular weight excluding hydrogens is 256 g/mol. The van der Waals surface area contributed by atoms with E-state index in [0.717, 1.165) is 21.7 Å². The number of aromatic nitrogens is 3. The molecule has 4 nitrogen and oxygen atoms in total. The third-order valence-electron chi connectivity index (χ3n) is 4.06. The first-order valence-corrected chi connectivity index (χ1v) is 8.17.